The molecule has 1 aliphatic carbocycles. The van der Waals surface area contributed by atoms with Crippen molar-refractivity contribution in [1.82, 2.24) is 0 Å². The number of ether oxygens (including phenoxy) is 1. The lowest BCUT2D eigenvalue weighted by Crippen LogP contribution is -2.88. The normalized spacial score (nSPS) is 16.1. The molecule has 0 saturated heterocycles. The topological polar surface area (TPSA) is 76.3 Å². The fourth-order valence-corrected chi connectivity index (χ4v) is 2.34. The summed E-state index contributed by atoms with van der Waals surface area (Å²) < 4.78 is 10.7. The molecule has 0 radical (unpaired) electrons. The van der Waals surface area contributed by atoms with Crippen LogP contribution in [0.1, 0.15) is 18.4 Å². The van der Waals surface area contributed by atoms with Gasteiger partial charge in [0.15, 0.2) is 0 Å². The van der Waals surface area contributed by atoms with E-state index < -0.39 is 6.10 Å². The van der Waals surface area contributed by atoms with E-state index in [9.17, 15) is 9.90 Å². The van der Waals surface area contributed by atoms with E-state index in [-0.39, 0.29) is 12.2 Å². The number of rotatable bonds is 6. The van der Waals surface area contributed by atoms with Gasteiger partial charge < -0.3 is 19.6 Å². The maximum Gasteiger partial charge on any atom is 0.336 e. The summed E-state index contributed by atoms with van der Waals surface area (Å²) in [6.45, 7) is 2.77. The number of fused-ring (bicyclic) bond motifs is 1. The third-order valence-electron chi connectivity index (χ3n) is 3.73. The molecule has 0 amide bonds. The van der Waals surface area contributed by atoms with Crippen LogP contribution < -0.4 is 15.7 Å². The first-order valence-electron chi connectivity index (χ1n) is 7.30. The number of benzene rings is 1. The molecular weight excluding hydrogens is 270 g/mol. The second-order valence-corrected chi connectivity index (χ2v) is 5.68. The van der Waals surface area contributed by atoms with Gasteiger partial charge in [0.25, 0.3) is 0 Å². The van der Waals surface area contributed by atoms with E-state index in [2.05, 4.69) is 5.32 Å². The highest BCUT2D eigenvalue weighted by Crippen LogP contribution is 2.22. The Labute approximate surface area is 122 Å². The molecule has 1 saturated carbocycles. The van der Waals surface area contributed by atoms with Crippen LogP contribution in [0.25, 0.3) is 11.0 Å². The van der Waals surface area contributed by atoms with Crippen LogP contribution in [-0.4, -0.2) is 30.4 Å². The maximum absolute atomic E-state index is 11.4. The van der Waals surface area contributed by atoms with Gasteiger partial charge in [0.2, 0.25) is 0 Å². The summed E-state index contributed by atoms with van der Waals surface area (Å²) >= 11 is 0. The summed E-state index contributed by atoms with van der Waals surface area (Å²) in [7, 11) is 0. The molecule has 1 fully saturated rings. The average Bonchev–Trinajstić information content (AvgIpc) is 3.26. The third-order valence-corrected chi connectivity index (χ3v) is 3.73. The molecule has 1 aliphatic rings. The molecule has 112 valence electrons. The number of aryl methyl sites for hydroxylation is 1. The molecule has 5 heteroatoms. The van der Waals surface area contributed by atoms with Crippen LogP contribution in [0, 0.1) is 6.92 Å². The highest BCUT2D eigenvalue weighted by atomic mass is 16.5. The number of nitrogens with two attached hydrogens (primary N) is 1. The van der Waals surface area contributed by atoms with Crippen molar-refractivity contribution in [3.63, 3.8) is 0 Å². The van der Waals surface area contributed by atoms with Crippen molar-refractivity contribution in [2.75, 3.05) is 13.2 Å². The van der Waals surface area contributed by atoms with E-state index in [1.165, 1.54) is 18.9 Å². The Hall–Kier alpha value is -1.85. The lowest BCUT2D eigenvalue weighted by Gasteiger charge is -2.11. The van der Waals surface area contributed by atoms with E-state index in [0.29, 0.717) is 23.9 Å². The van der Waals surface area contributed by atoms with Gasteiger partial charge in [-0.1, -0.05) is 0 Å². The summed E-state index contributed by atoms with van der Waals surface area (Å²) in [5.41, 5.74) is 1.03. The standard InChI is InChI=1S/C16H19NO4/c1-10-6-16(19)21-15-7-13(4-5-14(10)15)20-9-12(18)8-17-11-2-3-11/h4-7,11-12,17-18H,2-3,8-9H2,1H3/p+1/t12-/m0/s1. The maximum atomic E-state index is 11.4. The van der Waals surface area contributed by atoms with Gasteiger partial charge in [-0.2, -0.15) is 0 Å². The Bertz CT molecular complexity index is 690. The minimum Gasteiger partial charge on any atom is -0.491 e. The van der Waals surface area contributed by atoms with Gasteiger partial charge in [-0.05, 0) is 24.6 Å². The van der Waals surface area contributed by atoms with Gasteiger partial charge >= 0.3 is 5.63 Å². The van der Waals surface area contributed by atoms with Crippen LogP contribution in [0.4, 0.5) is 0 Å². The summed E-state index contributed by atoms with van der Waals surface area (Å²) in [6.07, 6.45) is 2.00. The number of aliphatic hydroxyl groups excluding tert-OH is 1. The zero-order valence-corrected chi connectivity index (χ0v) is 12.0. The Morgan fingerprint density at radius 2 is 2.24 bits per heavy atom. The Kier molecular flexibility index (Phi) is 3.94. The Morgan fingerprint density at radius 3 is 3.00 bits per heavy atom. The lowest BCUT2D eigenvalue weighted by atomic mass is 10.1. The van der Waals surface area contributed by atoms with E-state index in [4.69, 9.17) is 9.15 Å². The molecule has 1 heterocycles. The SMILES string of the molecule is Cc1cc(=O)oc2cc(OC[C@@H](O)C[NH2+]C3CC3)ccc12. The first kappa shape index (κ1) is 14.1. The predicted molar refractivity (Wildman–Crippen MR) is 78.5 cm³/mol. The van der Waals surface area contributed by atoms with Crippen LogP contribution in [0.3, 0.4) is 0 Å². The smallest absolute Gasteiger partial charge is 0.336 e. The van der Waals surface area contributed by atoms with Crippen LogP contribution in [0.5, 0.6) is 5.75 Å². The molecule has 5 nitrogen and oxygen atoms in total. The Morgan fingerprint density at radius 1 is 1.43 bits per heavy atom. The zero-order valence-electron chi connectivity index (χ0n) is 12.0. The predicted octanol–water partition coefficient (Wildman–Crippen LogP) is 0.567. The van der Waals surface area contributed by atoms with Crippen molar-refractivity contribution in [3.05, 3.63) is 40.2 Å². The van der Waals surface area contributed by atoms with Crippen LogP contribution >= 0.6 is 0 Å². The fraction of sp³-hybridized carbons (Fsp3) is 0.438. The van der Waals surface area contributed by atoms with Gasteiger partial charge in [-0.15, -0.1) is 0 Å². The quantitative estimate of drug-likeness (QED) is 0.763. The molecule has 1 aromatic carbocycles. The second-order valence-electron chi connectivity index (χ2n) is 5.68. The lowest BCUT2D eigenvalue weighted by molar-refractivity contribution is -0.674. The first-order valence-corrected chi connectivity index (χ1v) is 7.30. The number of quaternary nitrogens is 1. The van der Waals surface area contributed by atoms with Crippen molar-refractivity contribution in [1.29, 1.82) is 0 Å². The molecule has 3 rings (SSSR count). The van der Waals surface area contributed by atoms with Crippen molar-refractivity contribution < 1.29 is 19.6 Å². The number of hydrogen-bond donors (Lipinski definition) is 2. The van der Waals surface area contributed by atoms with E-state index in [1.807, 2.05) is 19.1 Å². The molecule has 0 unspecified atom stereocenters. The summed E-state index contributed by atoms with van der Waals surface area (Å²) in [4.78, 5) is 11.4. The number of hydrogen-bond acceptors (Lipinski definition) is 4. The molecule has 1 atom stereocenters. The molecule has 0 bridgehead atoms. The highest BCUT2D eigenvalue weighted by molar-refractivity contribution is 5.81. The number of aliphatic hydroxyl groups is 1. The highest BCUT2D eigenvalue weighted by Gasteiger charge is 2.26. The summed E-state index contributed by atoms with van der Waals surface area (Å²) in [5, 5.41) is 12.9. The molecule has 0 aliphatic heterocycles. The van der Waals surface area contributed by atoms with Gasteiger partial charge in [0.1, 0.15) is 30.6 Å². The zero-order chi connectivity index (χ0) is 14.8. The largest absolute Gasteiger partial charge is 0.491 e. The van der Waals surface area contributed by atoms with Crippen LogP contribution in [0.15, 0.2) is 33.5 Å². The minimum absolute atomic E-state index is 0.241. The van der Waals surface area contributed by atoms with Crippen molar-refractivity contribution >= 4 is 11.0 Å². The van der Waals surface area contributed by atoms with Crippen LogP contribution in [-0.2, 0) is 0 Å². The molecule has 2 aromatic rings. The second kappa shape index (κ2) is 5.87. The van der Waals surface area contributed by atoms with E-state index >= 15 is 0 Å². The van der Waals surface area contributed by atoms with E-state index in [0.717, 1.165) is 10.9 Å². The van der Waals surface area contributed by atoms with Gasteiger partial charge in [0, 0.05) is 30.4 Å². The van der Waals surface area contributed by atoms with Crippen molar-refractivity contribution in [2.45, 2.75) is 31.9 Å². The van der Waals surface area contributed by atoms with E-state index in [1.54, 1.807) is 6.07 Å². The monoisotopic (exact) mass is 290 g/mol. The van der Waals surface area contributed by atoms with Crippen LogP contribution in [0.2, 0.25) is 0 Å². The first-order chi connectivity index (χ1) is 10.1. The van der Waals surface area contributed by atoms with Crippen molar-refractivity contribution in [2.24, 2.45) is 0 Å². The fourth-order valence-electron chi connectivity index (χ4n) is 2.34. The average molecular weight is 290 g/mol. The van der Waals surface area contributed by atoms with Crippen molar-refractivity contribution in [3.8, 4) is 5.75 Å². The summed E-state index contributed by atoms with van der Waals surface area (Å²) in [5.74, 6) is 0.599. The summed E-state index contributed by atoms with van der Waals surface area (Å²) in [6, 6.07) is 7.55. The van der Waals surface area contributed by atoms with Gasteiger partial charge in [0.05, 0.1) is 6.04 Å². The van der Waals surface area contributed by atoms with Gasteiger partial charge in [-0.3, -0.25) is 0 Å². The molecular formula is C16H20NO4+. The molecule has 1 aromatic heterocycles. The third kappa shape index (κ3) is 3.62. The molecule has 21 heavy (non-hydrogen) atoms. The molecule has 3 N–H and O–H groups in total. The van der Waals surface area contributed by atoms with Gasteiger partial charge in [-0.25, -0.2) is 4.79 Å². The molecule has 0 spiro atoms. The minimum atomic E-state index is -0.495. The Balaban J connectivity index is 1.64.